The summed E-state index contributed by atoms with van der Waals surface area (Å²) in [6.45, 7) is 1.23. The predicted molar refractivity (Wildman–Crippen MR) is 106 cm³/mol. The number of rotatable bonds is 5. The number of aromatic nitrogens is 2. The fourth-order valence-corrected chi connectivity index (χ4v) is 3.53. The van der Waals surface area contributed by atoms with Crippen LogP contribution in [0.2, 0.25) is 0 Å². The summed E-state index contributed by atoms with van der Waals surface area (Å²) in [5, 5.41) is 12.9. The van der Waals surface area contributed by atoms with Gasteiger partial charge >= 0.3 is 0 Å². The molecule has 0 saturated carbocycles. The molecule has 1 fully saturated rings. The number of amides is 2. The smallest absolute Gasteiger partial charge is 0.255 e. The maximum absolute atomic E-state index is 12.9. The van der Waals surface area contributed by atoms with Crippen LogP contribution < -0.4 is 11.1 Å². The fourth-order valence-electron chi connectivity index (χ4n) is 3.53. The highest BCUT2D eigenvalue weighted by atomic mass is 16.5. The largest absolute Gasteiger partial charge is 0.389 e. The maximum Gasteiger partial charge on any atom is 0.255 e. The number of carbonyl (C=O) groups excluding carboxylic acids is 2. The Morgan fingerprint density at radius 2 is 2.07 bits per heavy atom. The molecular weight excluding hydrogens is 372 g/mol. The zero-order valence-corrected chi connectivity index (χ0v) is 15.7. The van der Waals surface area contributed by atoms with Crippen molar-refractivity contribution < 1.29 is 19.4 Å². The van der Waals surface area contributed by atoms with E-state index in [2.05, 4.69) is 10.3 Å². The molecule has 8 heteroatoms. The second kappa shape index (κ2) is 8.02. The Bertz CT molecular complexity index is 1040. The van der Waals surface area contributed by atoms with Crippen molar-refractivity contribution in [1.82, 2.24) is 14.9 Å². The van der Waals surface area contributed by atoms with E-state index in [1.54, 1.807) is 24.5 Å². The normalized spacial score (nSPS) is 19.2. The average molecular weight is 394 g/mol. The minimum absolute atomic E-state index is 0.215. The molecule has 2 unspecified atom stereocenters. The molecule has 2 atom stereocenters. The summed E-state index contributed by atoms with van der Waals surface area (Å²) in [6, 6.07) is 10.4. The van der Waals surface area contributed by atoms with Crippen LogP contribution >= 0.6 is 0 Å². The van der Waals surface area contributed by atoms with E-state index in [1.807, 2.05) is 28.8 Å². The van der Waals surface area contributed by atoms with Gasteiger partial charge in [-0.05, 0) is 36.2 Å². The van der Waals surface area contributed by atoms with E-state index in [-0.39, 0.29) is 18.6 Å². The molecule has 2 amide bonds. The predicted octanol–water partition coefficient (Wildman–Crippen LogP) is 1.06. The molecule has 0 spiro atoms. The zero-order chi connectivity index (χ0) is 20.4. The summed E-state index contributed by atoms with van der Waals surface area (Å²) in [5.41, 5.74) is 8.57. The second-order valence-electron chi connectivity index (χ2n) is 7.11. The first-order valence-electron chi connectivity index (χ1n) is 9.42. The molecular formula is C21H22N4O4. The van der Waals surface area contributed by atoms with Crippen LogP contribution in [0.1, 0.15) is 32.7 Å². The molecule has 1 aliphatic rings. The molecule has 3 heterocycles. The van der Waals surface area contributed by atoms with Crippen LogP contribution in [0.4, 0.5) is 0 Å². The number of nitrogens with zero attached hydrogens (tertiary/aromatic N) is 2. The third-order valence-electron chi connectivity index (χ3n) is 5.11. The van der Waals surface area contributed by atoms with Crippen molar-refractivity contribution >= 4 is 22.8 Å². The lowest BCUT2D eigenvalue weighted by atomic mass is 10.1. The third kappa shape index (κ3) is 3.98. The fraction of sp³-hybridized carbons (Fsp3) is 0.286. The van der Waals surface area contributed by atoms with Gasteiger partial charge in [0.05, 0.1) is 29.8 Å². The van der Waals surface area contributed by atoms with Crippen LogP contribution in [-0.4, -0.2) is 51.8 Å². The van der Waals surface area contributed by atoms with Gasteiger partial charge in [0.2, 0.25) is 5.91 Å². The van der Waals surface area contributed by atoms with Gasteiger partial charge in [0.25, 0.3) is 5.91 Å². The van der Waals surface area contributed by atoms with Crippen molar-refractivity contribution in [2.24, 2.45) is 5.73 Å². The van der Waals surface area contributed by atoms with Crippen LogP contribution in [-0.2, 0) is 11.3 Å². The van der Waals surface area contributed by atoms with E-state index in [4.69, 9.17) is 10.5 Å². The second-order valence-corrected chi connectivity index (χ2v) is 7.11. The molecule has 29 heavy (non-hydrogen) atoms. The lowest BCUT2D eigenvalue weighted by Crippen LogP contribution is -2.48. The molecule has 0 aliphatic carbocycles. The molecule has 1 aliphatic heterocycles. The van der Waals surface area contributed by atoms with Gasteiger partial charge in [-0.15, -0.1) is 0 Å². The molecule has 0 bridgehead atoms. The number of carbonyl (C=O) groups is 2. The Hall–Kier alpha value is -3.23. The average Bonchev–Trinajstić information content (AvgIpc) is 3.09. The number of aliphatic hydroxyl groups is 1. The van der Waals surface area contributed by atoms with E-state index in [1.165, 1.54) is 0 Å². The molecule has 150 valence electrons. The highest BCUT2D eigenvalue weighted by Crippen LogP contribution is 2.21. The molecule has 2 aromatic heterocycles. The highest BCUT2D eigenvalue weighted by molar-refractivity contribution is 6.05. The van der Waals surface area contributed by atoms with Gasteiger partial charge in [-0.1, -0.05) is 12.1 Å². The third-order valence-corrected chi connectivity index (χ3v) is 5.11. The van der Waals surface area contributed by atoms with Gasteiger partial charge in [0, 0.05) is 31.1 Å². The van der Waals surface area contributed by atoms with Crippen molar-refractivity contribution in [3.63, 3.8) is 0 Å². The number of nitrogens with two attached hydrogens (primary N) is 1. The summed E-state index contributed by atoms with van der Waals surface area (Å²) < 4.78 is 7.16. The number of primary amides is 1. The minimum atomic E-state index is -0.724. The van der Waals surface area contributed by atoms with Gasteiger partial charge < -0.3 is 25.5 Å². The van der Waals surface area contributed by atoms with E-state index in [0.717, 1.165) is 11.1 Å². The van der Waals surface area contributed by atoms with Crippen molar-refractivity contribution in [1.29, 1.82) is 0 Å². The van der Waals surface area contributed by atoms with Gasteiger partial charge in [-0.25, -0.2) is 0 Å². The maximum atomic E-state index is 12.9. The summed E-state index contributed by atoms with van der Waals surface area (Å²) in [5.74, 6) is -0.746. The standard InChI is InChI=1S/C21H22N4O4/c22-20(27)14-5-3-13(4-6-14)10-25-11-15(19-17(25)2-1-8-23-19)21(28)24-16-7-9-29-12-18(16)26/h1-6,8,11,16,18,26H,7,9-10,12H2,(H2,22,27)(H,24,28). The number of benzene rings is 1. The Morgan fingerprint density at radius 1 is 1.28 bits per heavy atom. The quantitative estimate of drug-likeness (QED) is 0.598. The Kier molecular flexibility index (Phi) is 5.28. The van der Waals surface area contributed by atoms with Crippen LogP contribution in [0.3, 0.4) is 0 Å². The number of aliphatic hydroxyl groups excluding tert-OH is 1. The van der Waals surface area contributed by atoms with Crippen LogP contribution in [0.15, 0.2) is 48.8 Å². The number of pyridine rings is 1. The summed E-state index contributed by atoms with van der Waals surface area (Å²) in [4.78, 5) is 28.5. The molecule has 1 saturated heterocycles. The highest BCUT2D eigenvalue weighted by Gasteiger charge is 2.27. The summed E-state index contributed by atoms with van der Waals surface area (Å²) >= 11 is 0. The number of hydrogen-bond donors (Lipinski definition) is 3. The van der Waals surface area contributed by atoms with Gasteiger partial charge in [-0.2, -0.15) is 0 Å². The van der Waals surface area contributed by atoms with Gasteiger partial charge in [0.1, 0.15) is 5.52 Å². The molecule has 1 aromatic carbocycles. The monoisotopic (exact) mass is 394 g/mol. The molecule has 0 radical (unpaired) electrons. The van der Waals surface area contributed by atoms with E-state index < -0.39 is 12.0 Å². The van der Waals surface area contributed by atoms with E-state index in [9.17, 15) is 14.7 Å². The number of hydrogen-bond acceptors (Lipinski definition) is 5. The van der Waals surface area contributed by atoms with Gasteiger partial charge in [-0.3, -0.25) is 14.6 Å². The molecule has 3 aromatic rings. The first kappa shape index (κ1) is 19.1. The van der Waals surface area contributed by atoms with Gasteiger partial charge in [0.15, 0.2) is 0 Å². The molecule has 4 rings (SSSR count). The number of fused-ring (bicyclic) bond motifs is 1. The minimum Gasteiger partial charge on any atom is -0.389 e. The Morgan fingerprint density at radius 3 is 2.79 bits per heavy atom. The SMILES string of the molecule is NC(=O)c1ccc(Cn2cc(C(=O)NC3CCOCC3O)c3ncccc32)cc1. The number of nitrogens with one attached hydrogen (secondary N) is 1. The summed E-state index contributed by atoms with van der Waals surface area (Å²) in [6.07, 6.45) is 3.25. The first-order chi connectivity index (χ1) is 14.0. The lowest BCUT2D eigenvalue weighted by molar-refractivity contribution is -0.0260. The Balaban J connectivity index is 1.61. The number of ether oxygens (including phenoxy) is 1. The lowest BCUT2D eigenvalue weighted by Gasteiger charge is -2.28. The van der Waals surface area contributed by atoms with Crippen molar-refractivity contribution in [3.05, 3.63) is 65.5 Å². The van der Waals surface area contributed by atoms with Crippen LogP contribution in [0.25, 0.3) is 11.0 Å². The van der Waals surface area contributed by atoms with E-state index in [0.29, 0.717) is 36.2 Å². The molecule has 4 N–H and O–H groups in total. The summed E-state index contributed by atoms with van der Waals surface area (Å²) in [7, 11) is 0. The van der Waals surface area contributed by atoms with Crippen LogP contribution in [0.5, 0.6) is 0 Å². The first-order valence-corrected chi connectivity index (χ1v) is 9.42. The van der Waals surface area contributed by atoms with Crippen LogP contribution in [0, 0.1) is 0 Å². The van der Waals surface area contributed by atoms with Crippen molar-refractivity contribution in [2.75, 3.05) is 13.2 Å². The zero-order valence-electron chi connectivity index (χ0n) is 15.7. The Labute approximate surface area is 167 Å². The van der Waals surface area contributed by atoms with Crippen molar-refractivity contribution in [3.8, 4) is 0 Å². The van der Waals surface area contributed by atoms with E-state index >= 15 is 0 Å². The topological polar surface area (TPSA) is 119 Å². The van der Waals surface area contributed by atoms with Crippen molar-refractivity contribution in [2.45, 2.75) is 25.1 Å². The molecule has 8 nitrogen and oxygen atoms in total.